The second-order valence-corrected chi connectivity index (χ2v) is 6.87. The summed E-state index contributed by atoms with van der Waals surface area (Å²) in [5, 5.41) is 12.4. The molecule has 3 aromatic rings. The van der Waals surface area contributed by atoms with E-state index in [1.807, 2.05) is 12.1 Å². The molecule has 0 fully saturated rings. The van der Waals surface area contributed by atoms with E-state index in [0.717, 1.165) is 29.0 Å². The summed E-state index contributed by atoms with van der Waals surface area (Å²) in [7, 11) is 1.66. The number of nitrogens with zero attached hydrogens (tertiary/aromatic N) is 1. The minimum atomic E-state index is -0.261. The van der Waals surface area contributed by atoms with Gasteiger partial charge in [0, 0.05) is 11.1 Å². The summed E-state index contributed by atoms with van der Waals surface area (Å²) < 4.78 is 5.30. The molecule has 0 atom stereocenters. The fraction of sp³-hybridized carbons (Fsp3) is 0.158. The van der Waals surface area contributed by atoms with Gasteiger partial charge in [-0.25, -0.2) is 4.98 Å². The first kappa shape index (κ1) is 15.7. The van der Waals surface area contributed by atoms with Crippen molar-refractivity contribution < 1.29 is 14.6 Å². The van der Waals surface area contributed by atoms with Gasteiger partial charge in [-0.15, -0.1) is 11.3 Å². The van der Waals surface area contributed by atoms with Crippen LogP contribution >= 0.6 is 11.3 Å². The maximum absolute atomic E-state index is 12.5. The molecule has 2 N–H and O–H groups in total. The second-order valence-electron chi connectivity index (χ2n) is 5.81. The van der Waals surface area contributed by atoms with Crippen LogP contribution in [0.25, 0.3) is 10.4 Å². The van der Waals surface area contributed by atoms with Crippen LogP contribution in [0.3, 0.4) is 0 Å². The number of carbonyl (C=O) groups excluding carboxylic acids is 1. The topological polar surface area (TPSA) is 71.5 Å². The molecule has 0 saturated carbocycles. The lowest BCUT2D eigenvalue weighted by Gasteiger charge is -2.16. The molecule has 0 radical (unpaired) electrons. The van der Waals surface area contributed by atoms with Crippen molar-refractivity contribution in [1.29, 1.82) is 0 Å². The first-order chi connectivity index (χ1) is 12.2. The van der Waals surface area contributed by atoms with E-state index >= 15 is 0 Å². The number of carbonyl (C=O) groups is 1. The summed E-state index contributed by atoms with van der Waals surface area (Å²) in [6.45, 7) is 0. The van der Waals surface area contributed by atoms with Crippen LogP contribution in [0.1, 0.15) is 20.8 Å². The molecule has 0 spiro atoms. The summed E-state index contributed by atoms with van der Waals surface area (Å²) in [5.74, 6) is 0.712. The zero-order chi connectivity index (χ0) is 17.4. The highest BCUT2D eigenvalue weighted by atomic mass is 32.1. The molecule has 1 aliphatic rings. The predicted octanol–water partition coefficient (Wildman–Crippen LogP) is 3.88. The fourth-order valence-electron chi connectivity index (χ4n) is 3.01. The molecule has 2 heterocycles. The maximum Gasteiger partial charge on any atom is 0.267 e. The Balaban J connectivity index is 1.65. The molecule has 2 aromatic heterocycles. The normalized spacial score (nSPS) is 12.2. The Kier molecular flexibility index (Phi) is 3.89. The SMILES string of the molecule is COc1ccc2c(c1)CCc1cc(C(=O)Nc3ncccc3O)sc1-2. The zero-order valence-corrected chi connectivity index (χ0v) is 14.4. The van der Waals surface area contributed by atoms with Crippen molar-refractivity contribution in [3.8, 4) is 21.9 Å². The van der Waals surface area contributed by atoms with Crippen molar-refractivity contribution in [2.45, 2.75) is 12.8 Å². The minimum Gasteiger partial charge on any atom is -0.504 e. The van der Waals surface area contributed by atoms with Gasteiger partial charge in [-0.3, -0.25) is 4.79 Å². The third-order valence-corrected chi connectivity index (χ3v) is 5.48. The lowest BCUT2D eigenvalue weighted by molar-refractivity contribution is 0.102. The number of hydrogen-bond donors (Lipinski definition) is 2. The molecule has 4 rings (SSSR count). The van der Waals surface area contributed by atoms with Crippen LogP contribution in [-0.2, 0) is 12.8 Å². The molecule has 1 amide bonds. The summed E-state index contributed by atoms with van der Waals surface area (Å²) >= 11 is 1.46. The summed E-state index contributed by atoms with van der Waals surface area (Å²) in [6.07, 6.45) is 3.35. The Labute approximate surface area is 148 Å². The van der Waals surface area contributed by atoms with Gasteiger partial charge in [-0.05, 0) is 65.9 Å². The fourth-order valence-corrected chi connectivity index (χ4v) is 4.18. The number of aryl methyl sites for hydroxylation is 2. The molecule has 126 valence electrons. The highest BCUT2D eigenvalue weighted by Gasteiger charge is 2.22. The molecule has 0 aliphatic heterocycles. The smallest absolute Gasteiger partial charge is 0.267 e. The van der Waals surface area contributed by atoms with Gasteiger partial charge < -0.3 is 15.2 Å². The monoisotopic (exact) mass is 352 g/mol. The summed E-state index contributed by atoms with van der Waals surface area (Å²) in [6, 6.07) is 11.1. The van der Waals surface area contributed by atoms with E-state index in [-0.39, 0.29) is 17.5 Å². The third-order valence-electron chi connectivity index (χ3n) is 4.27. The van der Waals surface area contributed by atoms with Crippen molar-refractivity contribution in [2.24, 2.45) is 0 Å². The molecular weight excluding hydrogens is 336 g/mol. The number of pyridine rings is 1. The van der Waals surface area contributed by atoms with E-state index in [2.05, 4.69) is 22.4 Å². The van der Waals surface area contributed by atoms with Crippen molar-refractivity contribution in [3.63, 3.8) is 0 Å². The number of rotatable bonds is 3. The molecule has 0 unspecified atom stereocenters. The standard InChI is InChI=1S/C19H16N2O3S/c1-24-13-6-7-14-11(9-13)4-5-12-10-16(25-17(12)14)19(23)21-18-15(22)3-2-8-20-18/h2-3,6-10,22H,4-5H2,1H3,(H,20,21,23). The van der Waals surface area contributed by atoms with E-state index in [9.17, 15) is 9.90 Å². The zero-order valence-electron chi connectivity index (χ0n) is 13.6. The summed E-state index contributed by atoms with van der Waals surface area (Å²) in [4.78, 5) is 18.2. The van der Waals surface area contributed by atoms with E-state index in [0.29, 0.717) is 4.88 Å². The lowest BCUT2D eigenvalue weighted by Crippen LogP contribution is -2.11. The predicted molar refractivity (Wildman–Crippen MR) is 97.6 cm³/mol. The van der Waals surface area contributed by atoms with Gasteiger partial charge in [-0.2, -0.15) is 0 Å². The van der Waals surface area contributed by atoms with E-state index in [4.69, 9.17) is 4.74 Å². The first-order valence-electron chi connectivity index (χ1n) is 7.91. The van der Waals surface area contributed by atoms with Crippen LogP contribution in [-0.4, -0.2) is 23.1 Å². The van der Waals surface area contributed by atoms with Gasteiger partial charge in [0.2, 0.25) is 0 Å². The van der Waals surface area contributed by atoms with Crippen LogP contribution in [0.4, 0.5) is 5.82 Å². The van der Waals surface area contributed by atoms with Crippen LogP contribution in [0.5, 0.6) is 11.5 Å². The molecule has 6 heteroatoms. The van der Waals surface area contributed by atoms with E-state index in [1.165, 1.54) is 34.7 Å². The maximum atomic E-state index is 12.5. The number of fused-ring (bicyclic) bond motifs is 3. The summed E-state index contributed by atoms with van der Waals surface area (Å²) in [5.41, 5.74) is 3.58. The number of aromatic hydroxyl groups is 1. The molecule has 0 bridgehead atoms. The van der Waals surface area contributed by atoms with Crippen LogP contribution in [0.15, 0.2) is 42.6 Å². The Morgan fingerprint density at radius 1 is 1.24 bits per heavy atom. The highest BCUT2D eigenvalue weighted by molar-refractivity contribution is 7.17. The third kappa shape index (κ3) is 2.85. The molecule has 1 aliphatic carbocycles. The second kappa shape index (κ2) is 6.22. The number of benzene rings is 1. The number of anilines is 1. The van der Waals surface area contributed by atoms with Crippen LogP contribution in [0.2, 0.25) is 0 Å². The molecule has 0 saturated heterocycles. The van der Waals surface area contributed by atoms with Crippen molar-refractivity contribution in [1.82, 2.24) is 4.98 Å². The Morgan fingerprint density at radius 2 is 2.08 bits per heavy atom. The number of methoxy groups -OCH3 is 1. The van der Waals surface area contributed by atoms with Gasteiger partial charge >= 0.3 is 0 Å². The molecule has 1 aromatic carbocycles. The van der Waals surface area contributed by atoms with Crippen LogP contribution < -0.4 is 10.1 Å². The van der Waals surface area contributed by atoms with Crippen LogP contribution in [0, 0.1) is 0 Å². The average molecular weight is 352 g/mol. The Morgan fingerprint density at radius 3 is 2.88 bits per heavy atom. The number of thiophene rings is 1. The highest BCUT2D eigenvalue weighted by Crippen LogP contribution is 2.41. The number of nitrogens with one attached hydrogen (secondary N) is 1. The number of hydrogen-bond acceptors (Lipinski definition) is 5. The van der Waals surface area contributed by atoms with Gasteiger partial charge in [0.1, 0.15) is 5.75 Å². The van der Waals surface area contributed by atoms with Gasteiger partial charge in [0.05, 0.1) is 12.0 Å². The number of ether oxygens (including phenoxy) is 1. The quantitative estimate of drug-likeness (QED) is 0.750. The first-order valence-corrected chi connectivity index (χ1v) is 8.72. The minimum absolute atomic E-state index is 0.0467. The number of aromatic nitrogens is 1. The van der Waals surface area contributed by atoms with Crippen molar-refractivity contribution in [3.05, 3.63) is 58.6 Å². The van der Waals surface area contributed by atoms with Gasteiger partial charge in [0.25, 0.3) is 5.91 Å². The Bertz CT molecular complexity index is 965. The molecule has 5 nitrogen and oxygen atoms in total. The van der Waals surface area contributed by atoms with E-state index < -0.39 is 0 Å². The lowest BCUT2D eigenvalue weighted by atomic mass is 9.91. The van der Waals surface area contributed by atoms with Crippen molar-refractivity contribution >= 4 is 23.1 Å². The molecular formula is C19H16N2O3S. The van der Waals surface area contributed by atoms with E-state index in [1.54, 1.807) is 13.2 Å². The van der Waals surface area contributed by atoms with Gasteiger partial charge in [0.15, 0.2) is 11.6 Å². The largest absolute Gasteiger partial charge is 0.504 e. The average Bonchev–Trinajstić information content (AvgIpc) is 3.08. The van der Waals surface area contributed by atoms with Gasteiger partial charge in [-0.1, -0.05) is 0 Å². The van der Waals surface area contributed by atoms with Crippen molar-refractivity contribution in [2.75, 3.05) is 12.4 Å². The Hall–Kier alpha value is -2.86. The molecule has 25 heavy (non-hydrogen) atoms. The number of amides is 1.